The summed E-state index contributed by atoms with van der Waals surface area (Å²) in [6.07, 6.45) is 14.3. The molecule has 0 fully saturated rings. The minimum Gasteiger partial charge on any atom is -0.494 e. The molecule has 0 aliphatic rings. The van der Waals surface area contributed by atoms with Gasteiger partial charge in [0.2, 0.25) is 0 Å². The summed E-state index contributed by atoms with van der Waals surface area (Å²) >= 11 is 0. The Bertz CT molecular complexity index is 739. The predicted octanol–water partition coefficient (Wildman–Crippen LogP) is 8.97. The molecule has 0 radical (unpaired) electrons. The van der Waals surface area contributed by atoms with E-state index >= 15 is 0 Å². The van der Waals surface area contributed by atoms with Gasteiger partial charge in [0.25, 0.3) is 0 Å². The Kier molecular flexibility index (Phi) is 12.8. The summed E-state index contributed by atoms with van der Waals surface area (Å²) in [6, 6.07) is 15.5. The van der Waals surface area contributed by atoms with Gasteiger partial charge in [0.15, 0.2) is 0 Å². The molecule has 2 rings (SSSR count). The summed E-state index contributed by atoms with van der Waals surface area (Å²) in [5, 5.41) is 8.60. The van der Waals surface area contributed by atoms with Crippen LogP contribution in [0.3, 0.4) is 0 Å². The molecule has 0 atom stereocenters. The summed E-state index contributed by atoms with van der Waals surface area (Å²) in [6.45, 7) is 7.44. The molecule has 0 aromatic heterocycles. The van der Waals surface area contributed by atoms with Crippen LogP contribution >= 0.6 is 0 Å². The maximum atomic E-state index is 5.84. The first-order valence-electron chi connectivity index (χ1n) is 11.8. The summed E-state index contributed by atoms with van der Waals surface area (Å²) in [4.78, 5) is 0. The van der Waals surface area contributed by atoms with Crippen LogP contribution in [0.2, 0.25) is 0 Å². The summed E-state index contributed by atoms with van der Waals surface area (Å²) in [5.74, 6) is 1.76. The number of allylic oxidation sites excluding steroid dienone is 1. The monoisotopic (exact) mass is 422 g/mol. The van der Waals surface area contributed by atoms with E-state index in [9.17, 15) is 0 Å². The molecule has 0 amide bonds. The second kappa shape index (κ2) is 16.1. The van der Waals surface area contributed by atoms with Crippen LogP contribution in [0.1, 0.15) is 71.1 Å². The number of ether oxygens (including phenoxy) is 2. The zero-order valence-electron chi connectivity index (χ0n) is 19.1. The lowest BCUT2D eigenvalue weighted by molar-refractivity contribution is 0.304. The van der Waals surface area contributed by atoms with E-state index in [0.29, 0.717) is 0 Å². The molecule has 2 aromatic rings. The first kappa shape index (κ1) is 24.6. The predicted molar refractivity (Wildman–Crippen MR) is 130 cm³/mol. The van der Waals surface area contributed by atoms with Gasteiger partial charge in [-0.3, -0.25) is 0 Å². The van der Waals surface area contributed by atoms with Gasteiger partial charge < -0.3 is 9.47 Å². The third-order valence-corrected chi connectivity index (χ3v) is 5.04. The second-order valence-corrected chi connectivity index (χ2v) is 7.79. The molecule has 4 nitrogen and oxygen atoms in total. The van der Waals surface area contributed by atoms with Crippen molar-refractivity contribution in [2.45, 2.75) is 71.1 Å². The number of benzene rings is 2. The average molecular weight is 423 g/mol. The Hall–Kier alpha value is -2.62. The molecule has 0 N–H and O–H groups in total. The van der Waals surface area contributed by atoms with Gasteiger partial charge in [-0.2, -0.15) is 10.2 Å². The zero-order chi connectivity index (χ0) is 22.0. The fourth-order valence-corrected chi connectivity index (χ4v) is 3.13. The molecule has 0 heterocycles. The Morgan fingerprint density at radius 2 is 1.10 bits per heavy atom. The Labute approximate surface area is 188 Å². The number of unbranched alkanes of at least 4 members (excludes halogenated alkanes) is 8. The van der Waals surface area contributed by atoms with Crippen molar-refractivity contribution in [1.29, 1.82) is 0 Å². The van der Waals surface area contributed by atoms with Crippen molar-refractivity contribution >= 4 is 11.4 Å². The van der Waals surface area contributed by atoms with Crippen LogP contribution in [-0.4, -0.2) is 13.2 Å². The van der Waals surface area contributed by atoms with Crippen molar-refractivity contribution in [3.8, 4) is 11.5 Å². The fourth-order valence-electron chi connectivity index (χ4n) is 3.13. The van der Waals surface area contributed by atoms with Crippen molar-refractivity contribution in [3.63, 3.8) is 0 Å². The molecule has 0 saturated carbocycles. The quantitative estimate of drug-likeness (QED) is 0.145. The Balaban J connectivity index is 1.61. The minimum absolute atomic E-state index is 0.752. The van der Waals surface area contributed by atoms with Crippen LogP contribution in [0.15, 0.2) is 71.4 Å². The Morgan fingerprint density at radius 1 is 0.645 bits per heavy atom. The SMILES string of the molecule is C=CCCCCCCCCCOc1ccc(N=Nc2ccc(OCCCC)cc2)cc1. The highest BCUT2D eigenvalue weighted by Gasteiger charge is 1.98. The molecule has 0 unspecified atom stereocenters. The summed E-state index contributed by atoms with van der Waals surface area (Å²) in [7, 11) is 0. The van der Waals surface area contributed by atoms with E-state index in [1.54, 1.807) is 0 Å². The van der Waals surface area contributed by atoms with E-state index in [-0.39, 0.29) is 0 Å². The normalized spacial score (nSPS) is 11.0. The lowest BCUT2D eigenvalue weighted by Gasteiger charge is -2.06. The zero-order valence-corrected chi connectivity index (χ0v) is 19.1. The van der Waals surface area contributed by atoms with E-state index in [0.717, 1.165) is 61.8 Å². The fraction of sp³-hybridized carbons (Fsp3) is 0.481. The van der Waals surface area contributed by atoms with E-state index in [1.807, 2.05) is 54.6 Å². The molecular weight excluding hydrogens is 384 g/mol. The molecule has 168 valence electrons. The van der Waals surface area contributed by atoms with Gasteiger partial charge in [0.1, 0.15) is 11.5 Å². The number of azo groups is 1. The van der Waals surface area contributed by atoms with Crippen LogP contribution < -0.4 is 9.47 Å². The summed E-state index contributed by atoms with van der Waals surface area (Å²) in [5.41, 5.74) is 1.62. The van der Waals surface area contributed by atoms with Crippen LogP contribution in [0, 0.1) is 0 Å². The lowest BCUT2D eigenvalue weighted by atomic mass is 10.1. The van der Waals surface area contributed by atoms with Gasteiger partial charge >= 0.3 is 0 Å². The number of hydrogen-bond acceptors (Lipinski definition) is 4. The van der Waals surface area contributed by atoms with E-state index in [1.165, 1.54) is 38.5 Å². The Morgan fingerprint density at radius 3 is 1.58 bits per heavy atom. The van der Waals surface area contributed by atoms with Crippen LogP contribution in [0.25, 0.3) is 0 Å². The topological polar surface area (TPSA) is 43.2 Å². The van der Waals surface area contributed by atoms with Gasteiger partial charge in [-0.1, -0.05) is 51.5 Å². The lowest BCUT2D eigenvalue weighted by Crippen LogP contribution is -1.96. The maximum Gasteiger partial charge on any atom is 0.119 e. The first-order chi connectivity index (χ1) is 15.3. The number of hydrogen-bond donors (Lipinski definition) is 0. The molecule has 0 saturated heterocycles. The van der Waals surface area contributed by atoms with E-state index < -0.39 is 0 Å². The molecule has 2 aromatic carbocycles. The van der Waals surface area contributed by atoms with E-state index in [4.69, 9.17) is 9.47 Å². The van der Waals surface area contributed by atoms with E-state index in [2.05, 4.69) is 23.7 Å². The maximum absolute atomic E-state index is 5.84. The van der Waals surface area contributed by atoms with Crippen LogP contribution in [-0.2, 0) is 0 Å². The third-order valence-electron chi connectivity index (χ3n) is 5.04. The highest BCUT2D eigenvalue weighted by atomic mass is 16.5. The molecule has 31 heavy (non-hydrogen) atoms. The van der Waals surface area contributed by atoms with Crippen LogP contribution in [0.4, 0.5) is 11.4 Å². The average Bonchev–Trinajstić information content (AvgIpc) is 2.81. The molecule has 0 bridgehead atoms. The number of rotatable bonds is 17. The van der Waals surface area contributed by atoms with Crippen LogP contribution in [0.5, 0.6) is 11.5 Å². The van der Waals surface area contributed by atoms with Crippen molar-refractivity contribution in [2.24, 2.45) is 10.2 Å². The third kappa shape index (κ3) is 11.4. The first-order valence-corrected chi connectivity index (χ1v) is 11.8. The smallest absolute Gasteiger partial charge is 0.119 e. The van der Waals surface area contributed by atoms with Crippen molar-refractivity contribution < 1.29 is 9.47 Å². The number of nitrogens with zero attached hydrogens (tertiary/aromatic N) is 2. The van der Waals surface area contributed by atoms with Crippen molar-refractivity contribution in [1.82, 2.24) is 0 Å². The molecule has 0 spiro atoms. The molecular formula is C27H38N2O2. The summed E-state index contributed by atoms with van der Waals surface area (Å²) < 4.78 is 11.5. The van der Waals surface area contributed by atoms with Gasteiger partial charge in [-0.15, -0.1) is 6.58 Å². The molecule has 0 aliphatic carbocycles. The largest absolute Gasteiger partial charge is 0.494 e. The highest BCUT2D eigenvalue weighted by Crippen LogP contribution is 2.23. The van der Waals surface area contributed by atoms with Gasteiger partial charge in [-0.05, 0) is 74.2 Å². The molecule has 0 aliphatic heterocycles. The second-order valence-electron chi connectivity index (χ2n) is 7.79. The van der Waals surface area contributed by atoms with Gasteiger partial charge in [-0.25, -0.2) is 0 Å². The minimum atomic E-state index is 0.752. The van der Waals surface area contributed by atoms with Gasteiger partial charge in [0, 0.05) is 0 Å². The van der Waals surface area contributed by atoms with Crippen molar-refractivity contribution in [2.75, 3.05) is 13.2 Å². The van der Waals surface area contributed by atoms with Gasteiger partial charge in [0.05, 0.1) is 24.6 Å². The van der Waals surface area contributed by atoms with Crippen molar-refractivity contribution in [3.05, 3.63) is 61.2 Å². The standard InChI is InChI=1S/C27H38N2O2/c1-3-5-7-8-9-10-11-12-13-23-31-27-20-16-25(17-21-27)29-28-24-14-18-26(19-15-24)30-22-6-4-2/h3,14-21H,1,4-13,22-23H2,2H3. The molecule has 4 heteroatoms. The highest BCUT2D eigenvalue weighted by molar-refractivity contribution is 5.44.